The van der Waals surface area contributed by atoms with E-state index in [0.29, 0.717) is 5.41 Å². The van der Waals surface area contributed by atoms with E-state index in [9.17, 15) is 0 Å². The lowest BCUT2D eigenvalue weighted by Gasteiger charge is -2.60. The van der Waals surface area contributed by atoms with Crippen LogP contribution in [0, 0.1) is 28.6 Å². The Morgan fingerprint density at radius 3 is 2.30 bits per heavy atom. The van der Waals surface area contributed by atoms with Crippen molar-refractivity contribution in [1.82, 2.24) is 9.80 Å². The van der Waals surface area contributed by atoms with Gasteiger partial charge in [-0.3, -0.25) is 0 Å². The highest BCUT2D eigenvalue weighted by Gasteiger charge is 2.65. The summed E-state index contributed by atoms with van der Waals surface area (Å²) in [6.45, 7) is 15.6. The summed E-state index contributed by atoms with van der Waals surface area (Å²) < 4.78 is 19.5. The number of rotatable bonds is 12. The molecule has 7 rings (SSSR count). The van der Waals surface area contributed by atoms with Gasteiger partial charge in [-0.25, -0.2) is 0 Å². The lowest BCUT2D eigenvalue weighted by molar-refractivity contribution is -0.167. The molecule has 0 N–H and O–H groups in total. The summed E-state index contributed by atoms with van der Waals surface area (Å²) in [6, 6.07) is 2.39. The van der Waals surface area contributed by atoms with Gasteiger partial charge in [0.1, 0.15) is 0 Å². The zero-order valence-corrected chi connectivity index (χ0v) is 28.0. The van der Waals surface area contributed by atoms with Gasteiger partial charge in [-0.15, -0.1) is 0 Å². The second-order valence-electron chi connectivity index (χ2n) is 15.4. The van der Waals surface area contributed by atoms with Crippen molar-refractivity contribution in [1.29, 1.82) is 0 Å². The Morgan fingerprint density at radius 1 is 0.814 bits per heavy atom. The first-order chi connectivity index (χ1) is 21.0. The molecule has 2 unspecified atom stereocenters. The largest absolute Gasteiger partial charge is 0.378 e. The summed E-state index contributed by atoms with van der Waals surface area (Å²) in [5, 5.41) is 4.70. The average molecular weight is 611 g/mol. The molecule has 0 amide bonds. The monoisotopic (exact) mass is 610 g/mol. The number of allylic oxidation sites excluding steroid dienone is 1. The number of fused-ring (bicyclic) bond motifs is 5. The molecule has 0 bridgehead atoms. The van der Waals surface area contributed by atoms with E-state index in [-0.39, 0.29) is 17.1 Å². The Morgan fingerprint density at radius 2 is 1.56 bits per heavy atom. The first kappa shape index (κ1) is 30.9. The maximum atomic E-state index is 7.21. The highest BCUT2D eigenvalue weighted by atomic mass is 32.1. The second-order valence-corrected chi connectivity index (χ2v) is 16.1. The normalized spacial score (nSPS) is 39.9. The quantitative estimate of drug-likeness (QED) is 0.181. The SMILES string of the molecule is C[C@]12CCC(OCCOCCN3CCCC3)C=C1CC[C@@H]1[C@H]2CC[C@@]2(C)[C@H]1CCC2(OCCN1CCCC1)c1ccsc1. The maximum Gasteiger partial charge on any atom is 0.0996 e. The van der Waals surface area contributed by atoms with Crippen molar-refractivity contribution in [2.24, 2.45) is 28.6 Å². The molecule has 6 aliphatic rings. The second kappa shape index (κ2) is 13.2. The lowest BCUT2D eigenvalue weighted by Crippen LogP contribution is -2.54. The summed E-state index contributed by atoms with van der Waals surface area (Å²) in [6.07, 6.45) is 18.5. The highest BCUT2D eigenvalue weighted by Crippen LogP contribution is 2.70. The van der Waals surface area contributed by atoms with Gasteiger partial charge in [0.15, 0.2) is 0 Å². The zero-order valence-electron chi connectivity index (χ0n) is 27.2. The Kier molecular flexibility index (Phi) is 9.45. The molecule has 5 fully saturated rings. The van der Waals surface area contributed by atoms with Crippen LogP contribution in [0.25, 0.3) is 0 Å². The van der Waals surface area contributed by atoms with Gasteiger partial charge in [0.2, 0.25) is 0 Å². The van der Waals surface area contributed by atoms with Crippen LogP contribution in [-0.2, 0) is 19.8 Å². The molecule has 1 aromatic rings. The minimum Gasteiger partial charge on any atom is -0.378 e. The lowest BCUT2D eigenvalue weighted by atomic mass is 9.46. The molecule has 1 aromatic heterocycles. The molecule has 0 spiro atoms. The molecular weight excluding hydrogens is 552 g/mol. The van der Waals surface area contributed by atoms with E-state index < -0.39 is 0 Å². The molecule has 5 nitrogen and oxygen atoms in total. The fourth-order valence-corrected chi connectivity index (χ4v) is 11.7. The predicted molar refractivity (Wildman–Crippen MR) is 176 cm³/mol. The molecule has 4 aliphatic carbocycles. The molecule has 0 radical (unpaired) electrons. The van der Waals surface area contributed by atoms with Crippen LogP contribution in [0.5, 0.6) is 0 Å². The first-order valence-electron chi connectivity index (χ1n) is 18.0. The van der Waals surface area contributed by atoms with Gasteiger partial charge in [0, 0.05) is 18.5 Å². The number of hydrogen-bond acceptors (Lipinski definition) is 6. The predicted octanol–water partition coefficient (Wildman–Crippen LogP) is 7.52. The Balaban J connectivity index is 0.981. The standard InChI is InChI=1S/C37H58N2O3S/c1-35-13-9-31(41-25-24-40-22-20-38-16-3-4-17-38)27-29(35)7-8-32-33(35)10-14-36(2)34(32)11-15-37(36,30-12-26-43-28-30)42-23-21-39-18-5-6-19-39/h12,26-28,31-34H,3-11,13-25H2,1-2H3/t31?,32-,33-,34+,35+,36+,37?/m1/s1. The summed E-state index contributed by atoms with van der Waals surface area (Å²) in [5.74, 6) is 2.40. The van der Waals surface area contributed by atoms with Crippen LogP contribution >= 0.6 is 11.3 Å². The van der Waals surface area contributed by atoms with E-state index in [4.69, 9.17) is 14.2 Å². The van der Waals surface area contributed by atoms with Gasteiger partial charge in [-0.1, -0.05) is 25.5 Å². The van der Waals surface area contributed by atoms with Crippen LogP contribution in [-0.4, -0.2) is 81.6 Å². The topological polar surface area (TPSA) is 34.2 Å². The fourth-order valence-electron chi connectivity index (χ4n) is 11.0. The maximum absolute atomic E-state index is 7.21. The fraction of sp³-hybridized carbons (Fsp3) is 0.838. The molecule has 2 saturated heterocycles. The van der Waals surface area contributed by atoms with E-state index in [0.717, 1.165) is 63.7 Å². The van der Waals surface area contributed by atoms with Gasteiger partial charge in [-0.2, -0.15) is 11.3 Å². The molecule has 7 atom stereocenters. The number of hydrogen-bond donors (Lipinski definition) is 0. The molecular formula is C37H58N2O3S. The Labute approximate surface area is 265 Å². The van der Waals surface area contributed by atoms with E-state index in [1.807, 2.05) is 11.3 Å². The van der Waals surface area contributed by atoms with Gasteiger partial charge in [0.25, 0.3) is 0 Å². The smallest absolute Gasteiger partial charge is 0.0996 e. The van der Waals surface area contributed by atoms with Crippen molar-refractivity contribution in [3.8, 4) is 0 Å². The average Bonchev–Trinajstić information content (AvgIpc) is 3.83. The van der Waals surface area contributed by atoms with Crippen LogP contribution in [0.2, 0.25) is 0 Å². The van der Waals surface area contributed by atoms with E-state index in [2.05, 4.69) is 46.5 Å². The Hall–Kier alpha value is -0.760. The van der Waals surface area contributed by atoms with Crippen LogP contribution in [0.4, 0.5) is 0 Å². The van der Waals surface area contributed by atoms with Crippen LogP contribution in [0.1, 0.15) is 96.5 Å². The number of ether oxygens (including phenoxy) is 3. The van der Waals surface area contributed by atoms with E-state index in [1.165, 1.54) is 102 Å². The summed E-state index contributed by atoms with van der Waals surface area (Å²) in [5.41, 5.74) is 3.66. The molecule has 3 saturated carbocycles. The number of thiophene rings is 1. The number of nitrogens with zero attached hydrogens (tertiary/aromatic N) is 2. The van der Waals surface area contributed by atoms with Crippen LogP contribution < -0.4 is 0 Å². The van der Waals surface area contributed by atoms with Crippen molar-refractivity contribution in [2.75, 3.05) is 65.7 Å². The minimum absolute atomic E-state index is 0.110. The van der Waals surface area contributed by atoms with E-state index >= 15 is 0 Å². The van der Waals surface area contributed by atoms with Crippen molar-refractivity contribution in [3.63, 3.8) is 0 Å². The van der Waals surface area contributed by atoms with Gasteiger partial charge in [-0.05, 0) is 149 Å². The Bertz CT molecular complexity index is 1080. The van der Waals surface area contributed by atoms with E-state index in [1.54, 1.807) is 5.57 Å². The van der Waals surface area contributed by atoms with Crippen LogP contribution in [0.15, 0.2) is 28.5 Å². The number of likely N-dealkylation sites (tertiary alicyclic amines) is 2. The van der Waals surface area contributed by atoms with Gasteiger partial charge < -0.3 is 24.0 Å². The van der Waals surface area contributed by atoms with Crippen molar-refractivity contribution in [2.45, 2.75) is 103 Å². The zero-order chi connectivity index (χ0) is 29.3. The van der Waals surface area contributed by atoms with Gasteiger partial charge in [0.05, 0.1) is 38.1 Å². The summed E-state index contributed by atoms with van der Waals surface area (Å²) >= 11 is 1.85. The minimum atomic E-state index is -0.110. The molecule has 2 aliphatic heterocycles. The molecule has 240 valence electrons. The van der Waals surface area contributed by atoms with Crippen molar-refractivity contribution < 1.29 is 14.2 Å². The van der Waals surface area contributed by atoms with Crippen molar-refractivity contribution in [3.05, 3.63) is 34.0 Å². The molecule has 3 heterocycles. The molecule has 6 heteroatoms. The summed E-state index contributed by atoms with van der Waals surface area (Å²) in [7, 11) is 0. The third-order valence-electron chi connectivity index (χ3n) is 13.4. The highest BCUT2D eigenvalue weighted by molar-refractivity contribution is 7.08. The van der Waals surface area contributed by atoms with Gasteiger partial charge >= 0.3 is 0 Å². The first-order valence-corrected chi connectivity index (χ1v) is 19.0. The molecule has 0 aromatic carbocycles. The third-order valence-corrected chi connectivity index (χ3v) is 14.1. The van der Waals surface area contributed by atoms with Crippen molar-refractivity contribution >= 4 is 11.3 Å². The third kappa shape index (κ3) is 5.84. The summed E-state index contributed by atoms with van der Waals surface area (Å²) in [4.78, 5) is 5.14. The van der Waals surface area contributed by atoms with Crippen LogP contribution in [0.3, 0.4) is 0 Å². The molecule has 43 heavy (non-hydrogen) atoms.